The Bertz CT molecular complexity index is 313. The van der Waals surface area contributed by atoms with Crippen LogP contribution in [0.15, 0.2) is 24.3 Å². The Balaban J connectivity index is 2.39. The van der Waals surface area contributed by atoms with E-state index in [1.54, 1.807) is 7.11 Å². The van der Waals surface area contributed by atoms with Gasteiger partial charge in [-0.2, -0.15) is 11.8 Å². The molecule has 2 nitrogen and oxygen atoms in total. The van der Waals surface area contributed by atoms with E-state index >= 15 is 0 Å². The molecule has 1 rings (SSSR count). The van der Waals surface area contributed by atoms with Crippen LogP contribution in [0, 0.1) is 0 Å². The molecule has 0 heterocycles. The van der Waals surface area contributed by atoms with Crippen LogP contribution in [0.2, 0.25) is 0 Å². The summed E-state index contributed by atoms with van der Waals surface area (Å²) >= 11 is 2.01. The molecule has 0 saturated carbocycles. The summed E-state index contributed by atoms with van der Waals surface area (Å²) in [6.45, 7) is 5.53. The number of methoxy groups -OCH3 is 1. The molecule has 0 aliphatic carbocycles. The highest BCUT2D eigenvalue weighted by Gasteiger charge is 2.07. The molecule has 1 N–H and O–H groups in total. The molecule has 18 heavy (non-hydrogen) atoms. The van der Waals surface area contributed by atoms with E-state index in [0.717, 1.165) is 18.7 Å². The molecule has 0 amide bonds. The first-order valence-electron chi connectivity index (χ1n) is 6.76. The number of benzene rings is 1. The van der Waals surface area contributed by atoms with Gasteiger partial charge in [-0.05, 0) is 48.6 Å². The Hall–Kier alpha value is -0.670. The highest BCUT2D eigenvalue weighted by atomic mass is 32.2. The monoisotopic (exact) mass is 267 g/mol. The molecule has 0 radical (unpaired) electrons. The molecule has 1 unspecified atom stereocenters. The van der Waals surface area contributed by atoms with Crippen molar-refractivity contribution in [1.29, 1.82) is 0 Å². The first kappa shape index (κ1) is 15.4. The Morgan fingerprint density at radius 2 is 1.94 bits per heavy atom. The summed E-state index contributed by atoms with van der Waals surface area (Å²) in [4.78, 5) is 0. The summed E-state index contributed by atoms with van der Waals surface area (Å²) in [6.07, 6.45) is 2.36. The second-order valence-corrected chi connectivity index (χ2v) is 5.63. The smallest absolute Gasteiger partial charge is 0.118 e. The van der Waals surface area contributed by atoms with Crippen molar-refractivity contribution in [2.24, 2.45) is 0 Å². The summed E-state index contributed by atoms with van der Waals surface area (Å²) in [5.74, 6) is 3.39. The maximum atomic E-state index is 5.18. The van der Waals surface area contributed by atoms with Gasteiger partial charge in [0.2, 0.25) is 0 Å². The number of thioether (sulfide) groups is 1. The predicted molar refractivity (Wildman–Crippen MR) is 81.6 cm³/mol. The quantitative estimate of drug-likeness (QED) is 0.686. The normalized spacial score (nSPS) is 12.4. The molecule has 0 fully saturated rings. The van der Waals surface area contributed by atoms with Gasteiger partial charge in [-0.3, -0.25) is 0 Å². The lowest BCUT2D eigenvalue weighted by molar-refractivity contribution is 0.414. The molecular formula is C15H25NOS. The van der Waals surface area contributed by atoms with Crippen LogP contribution in [0.25, 0.3) is 0 Å². The third-order valence-electron chi connectivity index (χ3n) is 2.99. The topological polar surface area (TPSA) is 21.3 Å². The van der Waals surface area contributed by atoms with E-state index in [1.807, 2.05) is 23.9 Å². The van der Waals surface area contributed by atoms with Gasteiger partial charge >= 0.3 is 0 Å². The number of hydrogen-bond acceptors (Lipinski definition) is 3. The van der Waals surface area contributed by atoms with Crippen LogP contribution >= 0.6 is 11.8 Å². The van der Waals surface area contributed by atoms with Gasteiger partial charge < -0.3 is 10.1 Å². The number of nitrogens with one attached hydrogen (secondary N) is 1. The van der Waals surface area contributed by atoms with Crippen LogP contribution in [-0.4, -0.2) is 25.2 Å². The first-order chi connectivity index (χ1) is 8.81. The van der Waals surface area contributed by atoms with Crippen molar-refractivity contribution in [2.75, 3.05) is 25.2 Å². The Labute approximate surface area is 116 Å². The maximum Gasteiger partial charge on any atom is 0.118 e. The minimum atomic E-state index is 0.461. The van der Waals surface area contributed by atoms with E-state index in [4.69, 9.17) is 4.74 Å². The highest BCUT2D eigenvalue weighted by molar-refractivity contribution is 7.99. The van der Waals surface area contributed by atoms with Crippen LogP contribution in [-0.2, 0) is 0 Å². The minimum absolute atomic E-state index is 0.461. The number of rotatable bonds is 9. The first-order valence-corrected chi connectivity index (χ1v) is 7.92. The summed E-state index contributed by atoms with van der Waals surface area (Å²) in [6, 6.07) is 8.84. The van der Waals surface area contributed by atoms with Crippen LogP contribution < -0.4 is 10.1 Å². The third-order valence-corrected chi connectivity index (χ3v) is 3.97. The van der Waals surface area contributed by atoms with E-state index in [-0.39, 0.29) is 0 Å². The standard InChI is InChI=1S/C15H25NOS/c1-4-15(16-11-6-12-18-5-2)13-7-9-14(17-3)10-8-13/h7-10,15-16H,4-6,11-12H2,1-3H3. The predicted octanol–water partition coefficient (Wildman–Crippen LogP) is 3.88. The van der Waals surface area contributed by atoms with E-state index in [9.17, 15) is 0 Å². The largest absolute Gasteiger partial charge is 0.497 e. The number of hydrogen-bond donors (Lipinski definition) is 1. The van der Waals surface area contributed by atoms with Crippen molar-refractivity contribution in [2.45, 2.75) is 32.7 Å². The molecule has 1 atom stereocenters. The van der Waals surface area contributed by atoms with Gasteiger partial charge in [0.05, 0.1) is 7.11 Å². The van der Waals surface area contributed by atoms with Crippen molar-refractivity contribution in [1.82, 2.24) is 5.32 Å². The van der Waals surface area contributed by atoms with Crippen molar-refractivity contribution < 1.29 is 4.74 Å². The van der Waals surface area contributed by atoms with Crippen molar-refractivity contribution in [3.63, 3.8) is 0 Å². The van der Waals surface area contributed by atoms with Gasteiger partial charge in [0.25, 0.3) is 0 Å². The summed E-state index contributed by atoms with van der Waals surface area (Å²) in [5, 5.41) is 3.63. The Morgan fingerprint density at radius 3 is 2.50 bits per heavy atom. The van der Waals surface area contributed by atoms with Gasteiger partial charge in [-0.1, -0.05) is 26.0 Å². The second-order valence-electron chi connectivity index (χ2n) is 4.24. The average Bonchev–Trinajstić information content (AvgIpc) is 2.43. The minimum Gasteiger partial charge on any atom is -0.497 e. The van der Waals surface area contributed by atoms with Crippen molar-refractivity contribution in [3.8, 4) is 5.75 Å². The molecule has 3 heteroatoms. The molecule has 1 aromatic rings. The fourth-order valence-electron chi connectivity index (χ4n) is 1.93. The molecule has 0 aliphatic heterocycles. The SMILES string of the molecule is CCSCCCNC(CC)c1ccc(OC)cc1. The second kappa shape index (κ2) is 9.29. The summed E-state index contributed by atoms with van der Waals surface area (Å²) < 4.78 is 5.18. The Morgan fingerprint density at radius 1 is 1.22 bits per heavy atom. The van der Waals surface area contributed by atoms with E-state index < -0.39 is 0 Å². The average molecular weight is 267 g/mol. The van der Waals surface area contributed by atoms with E-state index in [2.05, 4.69) is 31.3 Å². The number of ether oxygens (including phenoxy) is 1. The zero-order chi connectivity index (χ0) is 13.2. The lowest BCUT2D eigenvalue weighted by Gasteiger charge is -2.17. The molecular weight excluding hydrogens is 242 g/mol. The van der Waals surface area contributed by atoms with Crippen molar-refractivity contribution in [3.05, 3.63) is 29.8 Å². The summed E-state index contributed by atoms with van der Waals surface area (Å²) in [5.41, 5.74) is 1.35. The van der Waals surface area contributed by atoms with Crippen LogP contribution in [0.5, 0.6) is 5.75 Å². The molecule has 1 aromatic carbocycles. The van der Waals surface area contributed by atoms with Gasteiger partial charge in [-0.15, -0.1) is 0 Å². The molecule has 0 spiro atoms. The third kappa shape index (κ3) is 5.32. The molecule has 0 saturated heterocycles. The fourth-order valence-corrected chi connectivity index (χ4v) is 2.57. The molecule has 0 aliphatic rings. The molecule has 102 valence electrons. The van der Waals surface area contributed by atoms with E-state index in [0.29, 0.717) is 6.04 Å². The van der Waals surface area contributed by atoms with Crippen molar-refractivity contribution >= 4 is 11.8 Å². The van der Waals surface area contributed by atoms with Gasteiger partial charge in [0.1, 0.15) is 5.75 Å². The highest BCUT2D eigenvalue weighted by Crippen LogP contribution is 2.20. The molecule has 0 aromatic heterocycles. The lowest BCUT2D eigenvalue weighted by Crippen LogP contribution is -2.22. The summed E-state index contributed by atoms with van der Waals surface area (Å²) in [7, 11) is 1.70. The molecule has 0 bridgehead atoms. The van der Waals surface area contributed by atoms with Gasteiger partial charge in [0, 0.05) is 6.04 Å². The lowest BCUT2D eigenvalue weighted by atomic mass is 10.0. The van der Waals surface area contributed by atoms with Gasteiger partial charge in [-0.25, -0.2) is 0 Å². The van der Waals surface area contributed by atoms with E-state index in [1.165, 1.54) is 23.5 Å². The maximum absolute atomic E-state index is 5.18. The van der Waals surface area contributed by atoms with Crippen LogP contribution in [0.1, 0.15) is 38.3 Å². The Kier molecular flexibility index (Phi) is 7.94. The zero-order valence-corrected chi connectivity index (χ0v) is 12.6. The van der Waals surface area contributed by atoms with Crippen LogP contribution in [0.4, 0.5) is 0 Å². The van der Waals surface area contributed by atoms with Crippen LogP contribution in [0.3, 0.4) is 0 Å². The zero-order valence-electron chi connectivity index (χ0n) is 11.7. The van der Waals surface area contributed by atoms with Gasteiger partial charge in [0.15, 0.2) is 0 Å². The fraction of sp³-hybridized carbons (Fsp3) is 0.600.